The van der Waals surface area contributed by atoms with Crippen molar-refractivity contribution in [3.63, 3.8) is 0 Å². The molecule has 2 aromatic carbocycles. The molecule has 1 unspecified atom stereocenters. The smallest absolute Gasteiger partial charge is 0.232 e. The zero-order chi connectivity index (χ0) is 23.4. The zero-order valence-electron chi connectivity index (χ0n) is 18.5. The van der Waals surface area contributed by atoms with Crippen molar-refractivity contribution in [2.45, 2.75) is 44.6 Å². The van der Waals surface area contributed by atoms with E-state index in [1.165, 1.54) is 16.4 Å². The van der Waals surface area contributed by atoms with Gasteiger partial charge in [-0.15, -0.1) is 0 Å². The van der Waals surface area contributed by atoms with Gasteiger partial charge >= 0.3 is 0 Å². The van der Waals surface area contributed by atoms with Crippen LogP contribution in [0.15, 0.2) is 47.4 Å². The van der Waals surface area contributed by atoms with E-state index in [2.05, 4.69) is 5.32 Å². The minimum absolute atomic E-state index is 0.169. The second-order valence-corrected chi connectivity index (χ2v) is 11.7. The molecule has 0 aliphatic heterocycles. The Morgan fingerprint density at radius 2 is 1.61 bits per heavy atom. The number of sulfonamides is 1. The van der Waals surface area contributed by atoms with Crippen LogP contribution in [0.2, 0.25) is 0 Å². The average molecular weight is 467 g/mol. The van der Waals surface area contributed by atoms with Crippen LogP contribution in [0.1, 0.15) is 42.5 Å². The molecule has 0 aliphatic rings. The van der Waals surface area contributed by atoms with Crippen LogP contribution in [0.4, 0.5) is 5.69 Å². The van der Waals surface area contributed by atoms with Gasteiger partial charge in [0.05, 0.1) is 22.9 Å². The van der Waals surface area contributed by atoms with Crippen LogP contribution in [-0.4, -0.2) is 41.8 Å². The zero-order valence-corrected chi connectivity index (χ0v) is 20.2. The molecule has 0 aromatic heterocycles. The number of nitrogens with zero attached hydrogens (tertiary/aromatic N) is 1. The highest BCUT2D eigenvalue weighted by Gasteiger charge is 2.20. The Morgan fingerprint density at radius 3 is 2.16 bits per heavy atom. The van der Waals surface area contributed by atoms with E-state index in [1.807, 2.05) is 32.9 Å². The lowest BCUT2D eigenvalue weighted by molar-refractivity contribution is -0.121. The molecule has 0 bridgehead atoms. The van der Waals surface area contributed by atoms with Crippen molar-refractivity contribution in [2.24, 2.45) is 0 Å². The van der Waals surface area contributed by atoms with E-state index < -0.39 is 19.9 Å². The average Bonchev–Trinajstić information content (AvgIpc) is 2.66. The van der Waals surface area contributed by atoms with Crippen LogP contribution in [-0.2, 0) is 24.7 Å². The molecule has 1 amide bonds. The molecule has 31 heavy (non-hydrogen) atoms. The molecule has 0 spiro atoms. The van der Waals surface area contributed by atoms with Crippen molar-refractivity contribution in [3.05, 3.63) is 59.2 Å². The summed E-state index contributed by atoms with van der Waals surface area (Å²) >= 11 is 0. The van der Waals surface area contributed by atoms with Gasteiger partial charge in [-0.3, -0.25) is 9.10 Å². The van der Waals surface area contributed by atoms with Crippen LogP contribution in [0, 0.1) is 13.8 Å². The molecule has 0 aliphatic carbocycles. The topological polar surface area (TPSA) is 101 Å². The summed E-state index contributed by atoms with van der Waals surface area (Å²) < 4.78 is 49.1. The van der Waals surface area contributed by atoms with E-state index in [1.54, 1.807) is 18.2 Å². The lowest BCUT2D eigenvalue weighted by Gasteiger charge is -2.25. The van der Waals surface area contributed by atoms with Gasteiger partial charge in [0.1, 0.15) is 0 Å². The first-order valence-corrected chi connectivity index (χ1v) is 13.7. The van der Waals surface area contributed by atoms with E-state index in [4.69, 9.17) is 0 Å². The van der Waals surface area contributed by atoms with Crippen molar-refractivity contribution < 1.29 is 21.6 Å². The van der Waals surface area contributed by atoms with Gasteiger partial charge in [0.25, 0.3) is 0 Å². The molecule has 0 radical (unpaired) electrons. The standard InChI is InChI=1S/C22H30N2O5S2/c1-16-8-6-9-21(17(16)2)24(31(5,28)29)15-7-10-22(25)23-18(3)19-11-13-20(14-12-19)30(4,26)27/h6,8-9,11-14,18H,7,10,15H2,1-5H3,(H,23,25). The number of hydrogen-bond acceptors (Lipinski definition) is 5. The molecule has 1 atom stereocenters. The highest BCUT2D eigenvalue weighted by Crippen LogP contribution is 2.25. The van der Waals surface area contributed by atoms with Crippen LogP contribution in [0.3, 0.4) is 0 Å². The highest BCUT2D eigenvalue weighted by molar-refractivity contribution is 7.92. The number of amides is 1. The highest BCUT2D eigenvalue weighted by atomic mass is 32.2. The molecular weight excluding hydrogens is 436 g/mol. The third-order valence-corrected chi connectivity index (χ3v) is 7.50. The summed E-state index contributed by atoms with van der Waals surface area (Å²) in [6.45, 7) is 5.82. The SMILES string of the molecule is Cc1cccc(N(CCCC(=O)NC(C)c2ccc(S(C)(=O)=O)cc2)S(C)(=O)=O)c1C. The van der Waals surface area contributed by atoms with E-state index in [0.717, 1.165) is 29.2 Å². The Hall–Kier alpha value is -2.39. The number of hydrogen-bond donors (Lipinski definition) is 1. The van der Waals surface area contributed by atoms with E-state index in [9.17, 15) is 21.6 Å². The molecule has 1 N–H and O–H groups in total. The number of nitrogens with one attached hydrogen (secondary N) is 1. The minimum atomic E-state index is -3.48. The maximum Gasteiger partial charge on any atom is 0.232 e. The Morgan fingerprint density at radius 1 is 1.00 bits per heavy atom. The third-order valence-electron chi connectivity index (χ3n) is 5.20. The Kier molecular flexibility index (Phi) is 7.88. The predicted molar refractivity (Wildman–Crippen MR) is 123 cm³/mol. The molecule has 0 saturated carbocycles. The summed E-state index contributed by atoms with van der Waals surface area (Å²) in [7, 11) is -6.76. The van der Waals surface area contributed by atoms with E-state index in [-0.39, 0.29) is 29.8 Å². The minimum Gasteiger partial charge on any atom is -0.350 e. The molecular formula is C22H30N2O5S2. The summed E-state index contributed by atoms with van der Waals surface area (Å²) in [5.41, 5.74) is 3.30. The summed E-state index contributed by atoms with van der Waals surface area (Å²) in [5, 5.41) is 2.87. The number of carbonyl (C=O) groups excluding carboxylic acids is 1. The quantitative estimate of drug-likeness (QED) is 0.612. The second-order valence-electron chi connectivity index (χ2n) is 7.79. The lowest BCUT2D eigenvalue weighted by atomic mass is 10.1. The summed E-state index contributed by atoms with van der Waals surface area (Å²) in [6.07, 6.45) is 2.84. The lowest BCUT2D eigenvalue weighted by Crippen LogP contribution is -2.33. The van der Waals surface area contributed by atoms with Gasteiger partial charge in [-0.1, -0.05) is 24.3 Å². The van der Waals surface area contributed by atoms with Gasteiger partial charge in [-0.25, -0.2) is 16.8 Å². The summed E-state index contributed by atoms with van der Waals surface area (Å²) in [5.74, 6) is -0.200. The maximum atomic E-state index is 12.4. The summed E-state index contributed by atoms with van der Waals surface area (Å²) in [6, 6.07) is 11.6. The van der Waals surface area contributed by atoms with Crippen LogP contribution >= 0.6 is 0 Å². The van der Waals surface area contributed by atoms with Crippen LogP contribution in [0.5, 0.6) is 0 Å². The van der Waals surface area contributed by atoms with Gasteiger partial charge in [-0.2, -0.15) is 0 Å². The molecule has 170 valence electrons. The van der Waals surface area contributed by atoms with Crippen molar-refractivity contribution in [3.8, 4) is 0 Å². The molecule has 2 aromatic rings. The fourth-order valence-electron chi connectivity index (χ4n) is 3.25. The monoisotopic (exact) mass is 466 g/mol. The first-order chi connectivity index (χ1) is 14.3. The molecule has 9 heteroatoms. The number of carbonyl (C=O) groups is 1. The fourth-order valence-corrected chi connectivity index (χ4v) is 4.90. The molecule has 0 saturated heterocycles. The first kappa shape index (κ1) is 24.9. The normalized spacial score (nSPS) is 12.9. The molecule has 2 rings (SSSR count). The third kappa shape index (κ3) is 6.80. The number of benzene rings is 2. The number of anilines is 1. The Labute approximate surface area is 185 Å². The van der Waals surface area contributed by atoms with E-state index in [0.29, 0.717) is 12.1 Å². The summed E-state index contributed by atoms with van der Waals surface area (Å²) in [4.78, 5) is 12.6. The predicted octanol–water partition coefficient (Wildman–Crippen LogP) is 3.13. The number of rotatable bonds is 9. The largest absolute Gasteiger partial charge is 0.350 e. The van der Waals surface area contributed by atoms with Crippen LogP contribution < -0.4 is 9.62 Å². The number of sulfone groups is 1. The maximum absolute atomic E-state index is 12.4. The van der Waals surface area contributed by atoms with Crippen molar-refractivity contribution >= 4 is 31.5 Å². The molecule has 7 nitrogen and oxygen atoms in total. The van der Waals surface area contributed by atoms with Crippen molar-refractivity contribution in [1.29, 1.82) is 0 Å². The van der Waals surface area contributed by atoms with Crippen LogP contribution in [0.25, 0.3) is 0 Å². The van der Waals surface area contributed by atoms with Crippen molar-refractivity contribution in [2.75, 3.05) is 23.4 Å². The van der Waals surface area contributed by atoms with E-state index >= 15 is 0 Å². The van der Waals surface area contributed by atoms with Gasteiger partial charge in [0.15, 0.2) is 9.84 Å². The Bertz CT molecular complexity index is 1140. The van der Waals surface area contributed by atoms with Gasteiger partial charge in [0.2, 0.25) is 15.9 Å². The molecule has 0 fully saturated rings. The molecule has 0 heterocycles. The van der Waals surface area contributed by atoms with Gasteiger partial charge in [0, 0.05) is 19.2 Å². The number of aryl methyl sites for hydroxylation is 1. The first-order valence-electron chi connectivity index (χ1n) is 9.94. The second kappa shape index (κ2) is 9.82. The van der Waals surface area contributed by atoms with Crippen molar-refractivity contribution in [1.82, 2.24) is 5.32 Å². The van der Waals surface area contributed by atoms with Gasteiger partial charge < -0.3 is 5.32 Å². The fraction of sp³-hybridized carbons (Fsp3) is 0.409. The van der Waals surface area contributed by atoms with Gasteiger partial charge in [-0.05, 0) is 62.1 Å². The Balaban J connectivity index is 1.98.